The number of rotatable bonds is 3. The lowest BCUT2D eigenvalue weighted by Crippen LogP contribution is -2.20. The average Bonchev–Trinajstić information content (AvgIpc) is 3.12. The minimum atomic E-state index is -0.929. The molecule has 0 aliphatic carbocycles. The molecule has 2 aromatic carbocycles. The Bertz CT molecular complexity index is 1110. The van der Waals surface area contributed by atoms with Crippen molar-refractivity contribution >= 4 is 38.4 Å². The molecule has 1 aromatic heterocycles. The summed E-state index contributed by atoms with van der Waals surface area (Å²) in [5.74, 6) is 3.62. The van der Waals surface area contributed by atoms with E-state index in [2.05, 4.69) is 21.8 Å². The van der Waals surface area contributed by atoms with E-state index in [0.29, 0.717) is 12.1 Å². The van der Waals surface area contributed by atoms with Crippen LogP contribution in [0.15, 0.2) is 54.7 Å². The summed E-state index contributed by atoms with van der Waals surface area (Å²) in [4.78, 5) is 24.1. The molecular formula is C20H15N3O2S. The molecule has 1 N–H and O–H groups in total. The smallest absolute Gasteiger partial charge is 0.280 e. The molecule has 0 spiro atoms. The Balaban J connectivity index is 1.79. The Labute approximate surface area is 152 Å². The fourth-order valence-corrected chi connectivity index (χ4v) is 4.52. The standard InChI is InChI=1S/C20H15N3O2S/c1-26-18(19(24)22-20(26)25)16-12-23(17-5-3-2-4-15(16)17)11-14-8-6-13(10-21)7-9-14/h2-9,12,18H,1,11H2,(H,22,24,25). The second-order valence-corrected chi connectivity index (χ2v) is 7.82. The van der Waals surface area contributed by atoms with Crippen LogP contribution in [0.1, 0.15) is 21.9 Å². The Hall–Kier alpha value is -3.17. The minimum absolute atomic E-state index is 0.283. The first-order valence-corrected chi connectivity index (χ1v) is 9.48. The average molecular weight is 361 g/mol. The fourth-order valence-electron chi connectivity index (χ4n) is 3.26. The number of nitrogens with zero attached hydrogens (tertiary/aromatic N) is 2. The first-order chi connectivity index (χ1) is 12.6. The maximum Gasteiger partial charge on any atom is 0.280 e. The van der Waals surface area contributed by atoms with E-state index in [4.69, 9.17) is 5.26 Å². The number of nitrogens with one attached hydrogen (secondary N) is 1. The molecule has 5 nitrogen and oxygen atoms in total. The van der Waals surface area contributed by atoms with Gasteiger partial charge in [0, 0.05) is 29.2 Å². The highest BCUT2D eigenvalue weighted by molar-refractivity contribution is 8.28. The SMILES string of the molecule is C=S1C(=O)NC(=O)C1c1cn(Cc2ccc(C#N)cc2)c2ccccc12. The van der Waals surface area contributed by atoms with E-state index in [9.17, 15) is 9.59 Å². The summed E-state index contributed by atoms with van der Waals surface area (Å²) in [6.45, 7) is 0.611. The van der Waals surface area contributed by atoms with E-state index in [1.54, 1.807) is 12.1 Å². The Kier molecular flexibility index (Phi) is 3.94. The molecule has 3 aromatic rings. The van der Waals surface area contributed by atoms with E-state index in [1.165, 1.54) is 0 Å². The molecular weight excluding hydrogens is 346 g/mol. The van der Waals surface area contributed by atoms with Crippen molar-refractivity contribution in [2.45, 2.75) is 11.8 Å². The van der Waals surface area contributed by atoms with Crippen molar-refractivity contribution in [1.29, 1.82) is 5.26 Å². The number of hydrogen-bond acceptors (Lipinski definition) is 3. The molecule has 26 heavy (non-hydrogen) atoms. The predicted octanol–water partition coefficient (Wildman–Crippen LogP) is 3.55. The maximum absolute atomic E-state index is 12.3. The number of nitriles is 1. The van der Waals surface area contributed by atoms with Gasteiger partial charge in [-0.25, -0.2) is 0 Å². The van der Waals surface area contributed by atoms with Crippen molar-refractivity contribution in [2.24, 2.45) is 0 Å². The first-order valence-electron chi connectivity index (χ1n) is 8.03. The summed E-state index contributed by atoms with van der Waals surface area (Å²) in [6.07, 6.45) is 1.94. The second-order valence-electron chi connectivity index (χ2n) is 6.12. The van der Waals surface area contributed by atoms with Gasteiger partial charge >= 0.3 is 0 Å². The number of benzene rings is 2. The number of carbonyl (C=O) groups is 2. The molecule has 2 atom stereocenters. The van der Waals surface area contributed by atoms with Crippen LogP contribution in [0, 0.1) is 11.3 Å². The third-order valence-corrected chi connectivity index (χ3v) is 6.14. The normalized spacial score (nSPS) is 19.5. The van der Waals surface area contributed by atoms with Crippen molar-refractivity contribution in [1.82, 2.24) is 9.88 Å². The number of aromatic nitrogens is 1. The van der Waals surface area contributed by atoms with Crippen LogP contribution in [0.25, 0.3) is 10.9 Å². The van der Waals surface area contributed by atoms with Crippen LogP contribution in [0.4, 0.5) is 4.79 Å². The lowest BCUT2D eigenvalue weighted by molar-refractivity contribution is -0.119. The van der Waals surface area contributed by atoms with Crippen LogP contribution in [0.3, 0.4) is 0 Å². The van der Waals surface area contributed by atoms with Gasteiger partial charge in [0.1, 0.15) is 5.25 Å². The molecule has 4 rings (SSSR count). The van der Waals surface area contributed by atoms with Crippen molar-refractivity contribution in [3.63, 3.8) is 0 Å². The number of fused-ring (bicyclic) bond motifs is 1. The Morgan fingerprint density at radius 1 is 1.15 bits per heavy atom. The van der Waals surface area contributed by atoms with E-state index >= 15 is 0 Å². The zero-order valence-corrected chi connectivity index (χ0v) is 14.6. The highest BCUT2D eigenvalue weighted by Crippen LogP contribution is 2.42. The molecule has 1 aliphatic rings. The van der Waals surface area contributed by atoms with Gasteiger partial charge in [0.05, 0.1) is 11.6 Å². The van der Waals surface area contributed by atoms with Crippen molar-refractivity contribution in [3.8, 4) is 6.07 Å². The lowest BCUT2D eigenvalue weighted by Gasteiger charge is -2.06. The molecule has 0 bridgehead atoms. The van der Waals surface area contributed by atoms with Gasteiger partial charge in [0.2, 0.25) is 5.91 Å². The molecule has 2 amide bonds. The van der Waals surface area contributed by atoms with Gasteiger partial charge in [0.15, 0.2) is 0 Å². The summed E-state index contributed by atoms with van der Waals surface area (Å²) >= 11 is 0. The van der Waals surface area contributed by atoms with Gasteiger partial charge in [-0.05, 0) is 23.8 Å². The first kappa shape index (κ1) is 16.3. The molecule has 1 aliphatic heterocycles. The van der Waals surface area contributed by atoms with Crippen molar-refractivity contribution in [3.05, 3.63) is 71.4 Å². The van der Waals surface area contributed by atoms with Crippen LogP contribution in [0.2, 0.25) is 0 Å². The van der Waals surface area contributed by atoms with E-state index < -0.39 is 15.7 Å². The molecule has 1 fully saturated rings. The van der Waals surface area contributed by atoms with Crippen molar-refractivity contribution < 1.29 is 9.59 Å². The number of amides is 2. The highest BCUT2D eigenvalue weighted by Gasteiger charge is 2.36. The minimum Gasteiger partial charge on any atom is -0.343 e. The van der Waals surface area contributed by atoms with E-state index in [1.807, 2.05) is 42.6 Å². The largest absolute Gasteiger partial charge is 0.343 e. The fraction of sp³-hybridized carbons (Fsp3) is 0.100. The van der Waals surface area contributed by atoms with Crippen LogP contribution < -0.4 is 5.32 Å². The summed E-state index contributed by atoms with van der Waals surface area (Å²) in [7, 11) is -0.929. The summed E-state index contributed by atoms with van der Waals surface area (Å²) in [5, 5.41) is 11.4. The number of para-hydroxylation sites is 1. The molecule has 2 heterocycles. The second kappa shape index (κ2) is 6.28. The highest BCUT2D eigenvalue weighted by atomic mass is 32.2. The summed E-state index contributed by atoms with van der Waals surface area (Å²) in [5.41, 5.74) is 3.50. The zero-order valence-electron chi connectivity index (χ0n) is 13.8. The van der Waals surface area contributed by atoms with Crippen molar-refractivity contribution in [2.75, 3.05) is 0 Å². The molecule has 0 radical (unpaired) electrons. The monoisotopic (exact) mass is 361 g/mol. The molecule has 6 heteroatoms. The van der Waals surface area contributed by atoms with Gasteiger partial charge in [-0.3, -0.25) is 14.9 Å². The third kappa shape index (κ3) is 2.63. The molecule has 128 valence electrons. The molecule has 0 saturated carbocycles. The van der Waals surface area contributed by atoms with Gasteiger partial charge in [-0.15, -0.1) is 0 Å². The number of hydrogen-bond donors (Lipinski definition) is 1. The quantitative estimate of drug-likeness (QED) is 0.725. The Morgan fingerprint density at radius 2 is 1.88 bits per heavy atom. The predicted molar refractivity (Wildman–Crippen MR) is 103 cm³/mol. The summed E-state index contributed by atoms with van der Waals surface area (Å²) in [6, 6.07) is 17.4. The van der Waals surface area contributed by atoms with Crippen LogP contribution >= 0.6 is 10.5 Å². The topological polar surface area (TPSA) is 74.9 Å². The van der Waals surface area contributed by atoms with Gasteiger partial charge in [-0.1, -0.05) is 46.7 Å². The van der Waals surface area contributed by atoms with E-state index in [-0.39, 0.29) is 11.1 Å². The van der Waals surface area contributed by atoms with Crippen LogP contribution in [-0.4, -0.2) is 21.6 Å². The van der Waals surface area contributed by atoms with Gasteiger partial charge in [-0.2, -0.15) is 5.26 Å². The van der Waals surface area contributed by atoms with Gasteiger partial charge in [0.25, 0.3) is 5.24 Å². The van der Waals surface area contributed by atoms with Crippen LogP contribution in [0.5, 0.6) is 0 Å². The lowest BCUT2D eigenvalue weighted by atomic mass is 10.1. The third-order valence-electron chi connectivity index (χ3n) is 4.52. The Morgan fingerprint density at radius 3 is 2.54 bits per heavy atom. The van der Waals surface area contributed by atoms with Crippen LogP contribution in [-0.2, 0) is 11.3 Å². The van der Waals surface area contributed by atoms with Gasteiger partial charge < -0.3 is 4.57 Å². The maximum atomic E-state index is 12.3. The zero-order chi connectivity index (χ0) is 18.3. The number of carbonyl (C=O) groups excluding carboxylic acids is 2. The van der Waals surface area contributed by atoms with E-state index in [0.717, 1.165) is 22.0 Å². The molecule has 1 saturated heterocycles. The molecule has 2 unspecified atom stereocenters. The number of imide groups is 1. The summed E-state index contributed by atoms with van der Waals surface area (Å²) < 4.78 is 2.07.